The number of rotatable bonds is 5. The molecule has 2 aliphatic rings. The van der Waals surface area contributed by atoms with Gasteiger partial charge in [-0.15, -0.1) is 0 Å². The van der Waals surface area contributed by atoms with E-state index in [1.165, 1.54) is 29.2 Å². The molecule has 2 aromatic carbocycles. The lowest BCUT2D eigenvalue weighted by atomic mass is 9.75. The van der Waals surface area contributed by atoms with E-state index in [0.29, 0.717) is 24.9 Å². The maximum Gasteiger partial charge on any atom is 0.421 e. The van der Waals surface area contributed by atoms with Gasteiger partial charge in [-0.3, -0.25) is 9.69 Å². The Kier molecular flexibility index (Phi) is 6.07. The fourth-order valence-electron chi connectivity index (χ4n) is 4.67. The maximum absolute atomic E-state index is 14.6. The molecule has 6 nitrogen and oxygen atoms in total. The van der Waals surface area contributed by atoms with Crippen molar-refractivity contribution in [3.8, 4) is 11.8 Å². The second-order valence-corrected chi connectivity index (χ2v) is 9.06. The smallest absolute Gasteiger partial charge is 0.421 e. The average molecular weight is 527 g/mol. The predicted octanol–water partition coefficient (Wildman–Crippen LogP) is 5.75. The van der Waals surface area contributed by atoms with E-state index >= 15 is 0 Å². The Hall–Kier alpha value is -4.04. The Labute approximate surface area is 214 Å². The van der Waals surface area contributed by atoms with Gasteiger partial charge < -0.3 is 9.64 Å². The van der Waals surface area contributed by atoms with Gasteiger partial charge in [0.05, 0.1) is 5.69 Å². The number of ether oxygens (including phenoxy) is 1. The summed E-state index contributed by atoms with van der Waals surface area (Å²) in [4.78, 5) is 19.5. The molecular formula is C26H18F4N4O2S. The molecule has 1 amide bonds. The molecule has 0 radical (unpaired) electrons. The highest BCUT2D eigenvalue weighted by Gasteiger charge is 2.60. The first-order chi connectivity index (χ1) is 17.7. The fourth-order valence-corrected chi connectivity index (χ4v) is 5.13. The van der Waals surface area contributed by atoms with Crippen molar-refractivity contribution < 1.29 is 27.1 Å². The van der Waals surface area contributed by atoms with E-state index in [-0.39, 0.29) is 17.5 Å². The molecule has 1 saturated heterocycles. The lowest BCUT2D eigenvalue weighted by Crippen LogP contribution is -2.55. The third kappa shape index (κ3) is 4.07. The quantitative estimate of drug-likeness (QED) is 0.312. The van der Waals surface area contributed by atoms with Gasteiger partial charge in [0, 0.05) is 18.0 Å². The zero-order chi connectivity index (χ0) is 26.4. The molecule has 1 aliphatic heterocycles. The number of carbonyl (C=O) groups is 1. The highest BCUT2D eigenvalue weighted by atomic mass is 32.1. The van der Waals surface area contributed by atoms with Crippen LogP contribution in [-0.4, -0.2) is 21.5 Å². The molecule has 5 rings (SSSR count). The normalized spacial score (nSPS) is 16.6. The van der Waals surface area contributed by atoms with Gasteiger partial charge in [0.2, 0.25) is 0 Å². The van der Waals surface area contributed by atoms with Gasteiger partial charge in [0.25, 0.3) is 5.91 Å². The van der Waals surface area contributed by atoms with Crippen molar-refractivity contribution in [1.29, 1.82) is 5.26 Å². The van der Waals surface area contributed by atoms with Gasteiger partial charge in [0.1, 0.15) is 23.8 Å². The third-order valence-electron chi connectivity index (χ3n) is 6.56. The van der Waals surface area contributed by atoms with Crippen LogP contribution in [-0.2, 0) is 17.6 Å². The number of benzene rings is 2. The van der Waals surface area contributed by atoms with Crippen LogP contribution in [0.5, 0.6) is 5.75 Å². The van der Waals surface area contributed by atoms with Crippen LogP contribution in [0.3, 0.4) is 0 Å². The molecule has 2 fully saturated rings. The fraction of sp³-hybridized carbons (Fsp3) is 0.231. The third-order valence-corrected chi connectivity index (χ3v) is 6.93. The number of amides is 1. The van der Waals surface area contributed by atoms with E-state index in [0.717, 1.165) is 22.7 Å². The molecule has 37 heavy (non-hydrogen) atoms. The summed E-state index contributed by atoms with van der Waals surface area (Å²) in [5.41, 5.74) is -2.86. The number of alkyl halides is 3. The van der Waals surface area contributed by atoms with Gasteiger partial charge >= 0.3 is 6.18 Å². The number of nitriles is 1. The first-order valence-corrected chi connectivity index (χ1v) is 11.7. The number of aromatic nitrogens is 1. The van der Waals surface area contributed by atoms with Crippen LogP contribution >= 0.6 is 12.2 Å². The molecule has 0 atom stereocenters. The zero-order valence-electron chi connectivity index (χ0n) is 19.1. The number of hydrogen-bond acceptors (Lipinski definition) is 5. The van der Waals surface area contributed by atoms with Crippen LogP contribution in [0.15, 0.2) is 60.8 Å². The highest BCUT2D eigenvalue weighted by molar-refractivity contribution is 7.81. The van der Waals surface area contributed by atoms with Crippen molar-refractivity contribution in [2.45, 2.75) is 37.6 Å². The molecule has 0 N–H and O–H groups in total. The van der Waals surface area contributed by atoms with Crippen LogP contribution in [0.25, 0.3) is 0 Å². The second kappa shape index (κ2) is 9.12. The van der Waals surface area contributed by atoms with Crippen molar-refractivity contribution in [2.75, 3.05) is 9.80 Å². The summed E-state index contributed by atoms with van der Waals surface area (Å²) in [6.45, 7) is 0.0880. The first-order valence-electron chi connectivity index (χ1n) is 11.3. The number of anilines is 2. The number of hydrogen-bond donors (Lipinski definition) is 0. The van der Waals surface area contributed by atoms with Crippen LogP contribution in [0.1, 0.15) is 36.1 Å². The van der Waals surface area contributed by atoms with Crippen LogP contribution < -0.4 is 14.5 Å². The van der Waals surface area contributed by atoms with Gasteiger partial charge in [-0.25, -0.2) is 9.37 Å². The standard InChI is InChI=1S/C26H18F4N4O2S/c27-18-8-7-17(13-21(18)36-15-16-5-2-1-3-6-16)34-24(37)33(23(35)25(34)10-4-11-25)20-9-12-32-19(14-31)22(20)26(28,29)30/h1-3,5-9,12-13H,4,10-11,15H2. The van der Waals surface area contributed by atoms with Gasteiger partial charge in [0.15, 0.2) is 22.4 Å². The molecule has 1 spiro atoms. The minimum absolute atomic E-state index is 0.0869. The Balaban J connectivity index is 1.56. The van der Waals surface area contributed by atoms with Crippen molar-refractivity contribution >= 4 is 34.6 Å². The Morgan fingerprint density at radius 3 is 2.49 bits per heavy atom. The SMILES string of the molecule is N#Cc1nccc(N2C(=O)C3(CCC3)N(c3ccc(F)c(OCc4ccccc4)c3)C2=S)c1C(F)(F)F. The Morgan fingerprint density at radius 1 is 1.14 bits per heavy atom. The summed E-state index contributed by atoms with van der Waals surface area (Å²) < 4.78 is 62.3. The van der Waals surface area contributed by atoms with Crippen molar-refractivity contribution in [3.05, 3.63) is 83.4 Å². The molecule has 11 heteroatoms. The van der Waals surface area contributed by atoms with Crippen molar-refractivity contribution in [1.82, 2.24) is 4.98 Å². The van der Waals surface area contributed by atoms with Crippen molar-refractivity contribution in [2.24, 2.45) is 0 Å². The molecule has 1 aromatic heterocycles. The molecule has 0 bridgehead atoms. The second-order valence-electron chi connectivity index (χ2n) is 8.70. The van der Waals surface area contributed by atoms with Crippen LogP contribution in [0, 0.1) is 17.1 Å². The molecule has 0 unspecified atom stereocenters. The van der Waals surface area contributed by atoms with E-state index in [1.807, 2.05) is 30.3 Å². The minimum atomic E-state index is -4.96. The topological polar surface area (TPSA) is 69.5 Å². The molecule has 2 heterocycles. The summed E-state index contributed by atoms with van der Waals surface area (Å²) in [6, 6.07) is 15.5. The van der Waals surface area contributed by atoms with Crippen molar-refractivity contribution in [3.63, 3.8) is 0 Å². The molecule has 1 saturated carbocycles. The van der Waals surface area contributed by atoms with E-state index in [2.05, 4.69) is 4.98 Å². The monoisotopic (exact) mass is 526 g/mol. The van der Waals surface area contributed by atoms with Gasteiger partial charge in [-0.1, -0.05) is 30.3 Å². The van der Waals surface area contributed by atoms with E-state index in [9.17, 15) is 27.6 Å². The number of halogens is 4. The number of thiocarbonyl (C=S) groups is 1. The lowest BCUT2D eigenvalue weighted by molar-refractivity contribution is -0.137. The minimum Gasteiger partial charge on any atom is -0.486 e. The van der Waals surface area contributed by atoms with Gasteiger partial charge in [-0.2, -0.15) is 18.4 Å². The largest absolute Gasteiger partial charge is 0.486 e. The summed E-state index contributed by atoms with van der Waals surface area (Å²) in [5, 5.41) is 9.05. The summed E-state index contributed by atoms with van der Waals surface area (Å²) in [5.74, 6) is -1.36. The van der Waals surface area contributed by atoms with Gasteiger partial charge in [-0.05, 0) is 55.2 Å². The number of nitrogens with zero attached hydrogens (tertiary/aromatic N) is 4. The molecule has 1 aliphatic carbocycles. The molecular weight excluding hydrogens is 508 g/mol. The molecule has 3 aromatic rings. The average Bonchev–Trinajstić information content (AvgIpc) is 3.09. The highest BCUT2D eigenvalue weighted by Crippen LogP contribution is 2.50. The van der Waals surface area contributed by atoms with E-state index in [4.69, 9.17) is 17.0 Å². The summed E-state index contributed by atoms with van der Waals surface area (Å²) in [6.07, 6.45) is -2.58. The van der Waals surface area contributed by atoms with E-state index < -0.39 is 40.4 Å². The lowest BCUT2D eigenvalue weighted by Gasteiger charge is -2.43. The number of carbonyl (C=O) groups excluding carboxylic acids is 1. The Bertz CT molecular complexity index is 1430. The zero-order valence-corrected chi connectivity index (χ0v) is 19.9. The summed E-state index contributed by atoms with van der Waals surface area (Å²) >= 11 is 5.56. The van der Waals surface area contributed by atoms with E-state index in [1.54, 1.807) is 0 Å². The predicted molar refractivity (Wildman–Crippen MR) is 130 cm³/mol. The Morgan fingerprint density at radius 2 is 1.86 bits per heavy atom. The van der Waals surface area contributed by atoms with Crippen LogP contribution in [0.4, 0.5) is 28.9 Å². The summed E-state index contributed by atoms with van der Waals surface area (Å²) in [7, 11) is 0. The first kappa shape index (κ1) is 24.6. The maximum atomic E-state index is 14.6. The van der Waals surface area contributed by atoms with Crippen LogP contribution in [0.2, 0.25) is 0 Å². The number of pyridine rings is 1. The molecule has 188 valence electrons.